The first-order chi connectivity index (χ1) is 8.24. The fourth-order valence-corrected chi connectivity index (χ4v) is 1.22. The third kappa shape index (κ3) is 5.29. The van der Waals surface area contributed by atoms with Gasteiger partial charge in [0.15, 0.2) is 0 Å². The molecule has 17 heavy (non-hydrogen) atoms. The van der Waals surface area contributed by atoms with Crippen molar-refractivity contribution >= 4 is 0 Å². The third-order valence-electron chi connectivity index (χ3n) is 2.09. The highest BCUT2D eigenvalue weighted by Gasteiger charge is 1.94. The quantitative estimate of drug-likeness (QED) is 0.847. The molecule has 0 radical (unpaired) electrons. The van der Waals surface area contributed by atoms with Gasteiger partial charge in [0.05, 0.1) is 6.61 Å². The molecule has 2 N–H and O–H groups in total. The Morgan fingerprint density at radius 3 is 2.35 bits per heavy atom. The van der Waals surface area contributed by atoms with Gasteiger partial charge in [-0.1, -0.05) is 30.3 Å². The van der Waals surface area contributed by atoms with Crippen molar-refractivity contribution in [3.63, 3.8) is 0 Å². The number of aromatic amines is 1. The third-order valence-corrected chi connectivity index (χ3v) is 2.09. The van der Waals surface area contributed by atoms with Crippen LogP contribution in [0.2, 0.25) is 0 Å². The number of aliphatic hydroxyl groups is 1. The Morgan fingerprint density at radius 1 is 1.24 bits per heavy atom. The Hall–Kier alpha value is -1.65. The van der Waals surface area contributed by atoms with Crippen LogP contribution in [0.4, 0.5) is 0 Å². The average Bonchev–Trinajstić information content (AvgIpc) is 2.84. The van der Waals surface area contributed by atoms with E-state index in [-0.39, 0.29) is 6.61 Å². The van der Waals surface area contributed by atoms with E-state index in [1.807, 2.05) is 55.5 Å². The number of rotatable bonds is 3. The maximum absolute atomic E-state index is 8.20. The molecule has 0 spiro atoms. The number of aliphatic hydroxyl groups excluding tert-OH is 1. The van der Waals surface area contributed by atoms with E-state index in [4.69, 9.17) is 5.11 Å². The Labute approximate surface area is 102 Å². The smallest absolute Gasteiger partial charge is 0.137 e. The normalized spacial score (nSPS) is 9.88. The zero-order valence-electron chi connectivity index (χ0n) is 10.3. The van der Waals surface area contributed by atoms with Crippen molar-refractivity contribution < 1.29 is 5.11 Å². The second kappa shape index (κ2) is 7.60. The van der Waals surface area contributed by atoms with Crippen LogP contribution in [0.15, 0.2) is 42.7 Å². The fourth-order valence-electron chi connectivity index (χ4n) is 1.22. The van der Waals surface area contributed by atoms with Crippen LogP contribution in [0, 0.1) is 0 Å². The summed E-state index contributed by atoms with van der Waals surface area (Å²) in [4.78, 5) is 9.10. The molecule has 1 heterocycles. The molecule has 0 saturated heterocycles. The number of nitrogens with one attached hydrogen (secondary N) is 1. The van der Waals surface area contributed by atoms with E-state index in [1.165, 1.54) is 0 Å². The van der Waals surface area contributed by atoms with E-state index in [0.29, 0.717) is 0 Å². The second-order valence-corrected chi connectivity index (χ2v) is 3.83. The number of hydrogen-bond acceptors (Lipinski definition) is 3. The highest BCUT2D eigenvalue weighted by Crippen LogP contribution is 2.11. The minimum absolute atomic E-state index is 0.257. The van der Waals surface area contributed by atoms with Crippen LogP contribution in [-0.4, -0.2) is 47.2 Å². The molecule has 0 aliphatic rings. The molecule has 4 nitrogen and oxygen atoms in total. The highest BCUT2D eigenvalue weighted by molar-refractivity contribution is 5.53. The minimum Gasteiger partial charge on any atom is -0.395 e. The van der Waals surface area contributed by atoms with Gasteiger partial charge in [0.1, 0.15) is 5.82 Å². The number of nitrogens with zero attached hydrogens (tertiary/aromatic N) is 2. The maximum Gasteiger partial charge on any atom is 0.137 e. The molecule has 0 aliphatic carbocycles. The Morgan fingerprint density at radius 2 is 1.94 bits per heavy atom. The van der Waals surface area contributed by atoms with Crippen molar-refractivity contribution in [3.8, 4) is 11.4 Å². The summed E-state index contributed by atoms with van der Waals surface area (Å²) in [6, 6.07) is 10.0. The van der Waals surface area contributed by atoms with Crippen LogP contribution >= 0.6 is 0 Å². The summed E-state index contributed by atoms with van der Waals surface area (Å²) >= 11 is 0. The lowest BCUT2D eigenvalue weighted by Crippen LogP contribution is -2.15. The first-order valence-corrected chi connectivity index (χ1v) is 5.54. The van der Waals surface area contributed by atoms with Gasteiger partial charge in [-0.3, -0.25) is 0 Å². The average molecular weight is 233 g/mol. The van der Waals surface area contributed by atoms with Crippen molar-refractivity contribution in [2.75, 3.05) is 27.2 Å². The molecular weight excluding hydrogens is 214 g/mol. The predicted molar refractivity (Wildman–Crippen MR) is 69.7 cm³/mol. The first kappa shape index (κ1) is 13.4. The van der Waals surface area contributed by atoms with Gasteiger partial charge >= 0.3 is 0 Å². The Kier molecular flexibility index (Phi) is 5.99. The molecule has 1 aromatic carbocycles. The highest BCUT2D eigenvalue weighted by atomic mass is 16.3. The predicted octanol–water partition coefficient (Wildman–Crippen LogP) is 1.62. The number of aromatic nitrogens is 2. The summed E-state index contributed by atoms with van der Waals surface area (Å²) in [5, 5.41) is 8.20. The Bertz CT molecular complexity index is 384. The fraction of sp³-hybridized carbons (Fsp3) is 0.308. The zero-order valence-corrected chi connectivity index (χ0v) is 10.3. The van der Waals surface area contributed by atoms with E-state index in [0.717, 1.165) is 17.9 Å². The monoisotopic (exact) mass is 233 g/mol. The van der Waals surface area contributed by atoms with Gasteiger partial charge in [0, 0.05) is 24.5 Å². The molecule has 2 aromatic rings. The number of likely N-dealkylation sites (N-methyl/N-ethyl adjacent to an activating group) is 1. The van der Waals surface area contributed by atoms with Crippen LogP contribution in [0.25, 0.3) is 11.4 Å². The lowest BCUT2D eigenvalue weighted by atomic mass is 10.2. The lowest BCUT2D eigenvalue weighted by molar-refractivity contribution is 0.243. The molecule has 4 heteroatoms. The van der Waals surface area contributed by atoms with Crippen molar-refractivity contribution in [1.29, 1.82) is 0 Å². The summed E-state index contributed by atoms with van der Waals surface area (Å²) in [7, 11) is 3.85. The first-order valence-electron chi connectivity index (χ1n) is 5.54. The maximum atomic E-state index is 8.20. The minimum atomic E-state index is 0.257. The number of benzene rings is 1. The summed E-state index contributed by atoms with van der Waals surface area (Å²) < 4.78 is 0. The van der Waals surface area contributed by atoms with E-state index in [9.17, 15) is 0 Å². The van der Waals surface area contributed by atoms with E-state index in [2.05, 4.69) is 9.97 Å². The molecule has 92 valence electrons. The SMILES string of the molecule is CN(C)CCO.c1ccc(-c2ncc[nH]2)cc1. The van der Waals surface area contributed by atoms with Crippen molar-refractivity contribution in [2.45, 2.75) is 0 Å². The van der Waals surface area contributed by atoms with E-state index >= 15 is 0 Å². The van der Waals surface area contributed by atoms with Gasteiger partial charge in [0.2, 0.25) is 0 Å². The molecule has 2 rings (SSSR count). The van der Waals surface area contributed by atoms with Gasteiger partial charge in [-0.2, -0.15) is 0 Å². The molecule has 0 amide bonds. The molecule has 0 fully saturated rings. The molecule has 0 atom stereocenters. The van der Waals surface area contributed by atoms with Gasteiger partial charge < -0.3 is 15.0 Å². The Balaban J connectivity index is 0.000000209. The number of H-pyrrole nitrogens is 1. The molecule has 0 bridgehead atoms. The van der Waals surface area contributed by atoms with Gasteiger partial charge in [-0.25, -0.2) is 4.98 Å². The molecule has 0 unspecified atom stereocenters. The molecule has 1 aromatic heterocycles. The summed E-state index contributed by atoms with van der Waals surface area (Å²) in [5.41, 5.74) is 1.12. The molecule has 0 aliphatic heterocycles. The standard InChI is InChI=1S/C9H8N2.C4H11NO/c1-2-4-8(5-3-1)9-10-6-7-11-9;1-5(2)3-4-6/h1-7H,(H,10,11);6H,3-4H2,1-2H3. The van der Waals surface area contributed by atoms with Crippen LogP contribution in [0.1, 0.15) is 0 Å². The topological polar surface area (TPSA) is 52.1 Å². The van der Waals surface area contributed by atoms with Crippen molar-refractivity contribution in [2.24, 2.45) is 0 Å². The summed E-state index contributed by atoms with van der Waals surface area (Å²) in [6.45, 7) is 1.02. The van der Waals surface area contributed by atoms with Crippen LogP contribution in [-0.2, 0) is 0 Å². The lowest BCUT2D eigenvalue weighted by Gasteiger charge is -2.03. The van der Waals surface area contributed by atoms with Gasteiger partial charge in [0.25, 0.3) is 0 Å². The number of imidazole rings is 1. The van der Waals surface area contributed by atoms with Crippen LogP contribution in [0.3, 0.4) is 0 Å². The van der Waals surface area contributed by atoms with Crippen molar-refractivity contribution in [3.05, 3.63) is 42.7 Å². The summed E-state index contributed by atoms with van der Waals surface area (Å²) in [5.74, 6) is 0.922. The van der Waals surface area contributed by atoms with E-state index in [1.54, 1.807) is 6.20 Å². The van der Waals surface area contributed by atoms with Gasteiger partial charge in [-0.05, 0) is 14.1 Å². The van der Waals surface area contributed by atoms with E-state index < -0.39 is 0 Å². The number of hydrogen-bond donors (Lipinski definition) is 2. The van der Waals surface area contributed by atoms with Gasteiger partial charge in [-0.15, -0.1) is 0 Å². The van der Waals surface area contributed by atoms with Crippen molar-refractivity contribution in [1.82, 2.24) is 14.9 Å². The zero-order chi connectivity index (χ0) is 12.5. The van der Waals surface area contributed by atoms with Crippen LogP contribution in [0.5, 0.6) is 0 Å². The van der Waals surface area contributed by atoms with Crippen LogP contribution < -0.4 is 0 Å². The molecule has 0 saturated carbocycles. The summed E-state index contributed by atoms with van der Waals surface area (Å²) in [6.07, 6.45) is 3.57. The second-order valence-electron chi connectivity index (χ2n) is 3.83. The largest absolute Gasteiger partial charge is 0.395 e. The molecular formula is C13H19N3O.